The van der Waals surface area contributed by atoms with E-state index in [-0.39, 0.29) is 0 Å². The smallest absolute Gasteiger partial charge is 0.213 e. The van der Waals surface area contributed by atoms with E-state index in [0.29, 0.717) is 64.6 Å². The standard InChI is InChI=1S/C42H34N2O6S4/c1-3-35(51-23-1)37-11-9-33(53-37)29-25-32-30(34-10-12-38(54-34)36-4-2-24-52-36)26-31(29)47-19-15-45-17-21-49-39-13-7-27-5-6-28-8-14-40(44-42(28)41(27)43-39)50-22-18-46-16-20-48-32/h1-14,23-26H,15-22H2. The topological polar surface area (TPSA) is 81.2 Å². The minimum absolute atomic E-state index is 0.345. The molecule has 0 aliphatic carbocycles. The van der Waals surface area contributed by atoms with Crippen molar-refractivity contribution in [2.24, 2.45) is 0 Å². The second kappa shape index (κ2) is 16.3. The minimum Gasteiger partial charge on any atom is -0.490 e. The summed E-state index contributed by atoms with van der Waals surface area (Å²) in [6.45, 7) is 2.98. The molecule has 0 saturated heterocycles. The van der Waals surface area contributed by atoms with Crippen LogP contribution in [-0.4, -0.2) is 62.8 Å². The van der Waals surface area contributed by atoms with Crippen LogP contribution in [-0.2, 0) is 9.47 Å². The number of hydrogen-bond donors (Lipinski definition) is 0. The van der Waals surface area contributed by atoms with E-state index >= 15 is 0 Å². The fourth-order valence-corrected chi connectivity index (χ4v) is 9.90. The summed E-state index contributed by atoms with van der Waals surface area (Å²) in [6.07, 6.45) is 0. The Hall–Kier alpha value is -4.82. The van der Waals surface area contributed by atoms with Crippen molar-refractivity contribution in [2.75, 3.05) is 52.9 Å². The van der Waals surface area contributed by atoms with Crippen LogP contribution in [0.25, 0.3) is 62.2 Å². The van der Waals surface area contributed by atoms with Gasteiger partial charge >= 0.3 is 0 Å². The molecule has 0 unspecified atom stereocenters. The van der Waals surface area contributed by atoms with Gasteiger partial charge in [-0.25, -0.2) is 9.97 Å². The average molecular weight is 791 g/mol. The summed E-state index contributed by atoms with van der Waals surface area (Å²) in [4.78, 5) is 16.7. The molecule has 272 valence electrons. The van der Waals surface area contributed by atoms with Gasteiger partial charge in [0.1, 0.15) is 49.0 Å². The maximum atomic E-state index is 6.54. The highest BCUT2D eigenvalue weighted by Gasteiger charge is 2.20. The number of ether oxygens (including phenoxy) is 6. The van der Waals surface area contributed by atoms with E-state index in [1.807, 2.05) is 36.4 Å². The zero-order valence-corrected chi connectivity index (χ0v) is 32.3. The zero-order valence-electron chi connectivity index (χ0n) is 29.0. The summed E-state index contributed by atoms with van der Waals surface area (Å²) in [5.74, 6) is 2.57. The van der Waals surface area contributed by atoms with Gasteiger partial charge in [0.25, 0.3) is 0 Å². The molecule has 0 fully saturated rings. The van der Waals surface area contributed by atoms with Crippen molar-refractivity contribution in [3.63, 3.8) is 0 Å². The van der Waals surface area contributed by atoms with Crippen molar-refractivity contribution < 1.29 is 28.4 Å². The molecule has 0 amide bonds. The number of benzene rings is 2. The summed E-state index contributed by atoms with van der Waals surface area (Å²) >= 11 is 6.95. The van der Waals surface area contributed by atoms with Crippen molar-refractivity contribution in [1.82, 2.24) is 9.97 Å². The molecular weight excluding hydrogens is 757 g/mol. The Kier molecular flexibility index (Phi) is 10.5. The van der Waals surface area contributed by atoms with Gasteiger partial charge in [0.15, 0.2) is 0 Å². The van der Waals surface area contributed by atoms with E-state index in [1.54, 1.807) is 45.3 Å². The molecular formula is C42H34N2O6S4. The van der Waals surface area contributed by atoms with Gasteiger partial charge in [0.2, 0.25) is 11.8 Å². The maximum Gasteiger partial charge on any atom is 0.213 e. The van der Waals surface area contributed by atoms with Crippen LogP contribution in [0, 0.1) is 0 Å². The predicted molar refractivity (Wildman–Crippen MR) is 220 cm³/mol. The summed E-state index contributed by atoms with van der Waals surface area (Å²) < 4.78 is 37.1. The van der Waals surface area contributed by atoms with E-state index in [4.69, 9.17) is 38.4 Å². The van der Waals surface area contributed by atoms with Gasteiger partial charge in [-0.15, -0.1) is 45.3 Å². The molecule has 2 aliphatic rings. The van der Waals surface area contributed by atoms with E-state index in [1.165, 1.54) is 19.5 Å². The first kappa shape index (κ1) is 34.9. The number of rotatable bonds is 4. The van der Waals surface area contributed by atoms with Crippen molar-refractivity contribution in [3.8, 4) is 63.6 Å². The first-order chi connectivity index (χ1) is 26.7. The molecule has 6 aromatic heterocycles. The van der Waals surface area contributed by atoms with Gasteiger partial charge < -0.3 is 28.4 Å². The van der Waals surface area contributed by atoms with E-state index in [9.17, 15) is 0 Å². The molecule has 0 saturated carbocycles. The average Bonchev–Trinajstić information content (AvgIpc) is 4.04. The number of aromatic nitrogens is 2. The second-order valence-corrected chi connectivity index (χ2v) is 16.3. The quantitative estimate of drug-likeness (QED) is 0.129. The van der Waals surface area contributed by atoms with Gasteiger partial charge in [-0.05, 0) is 71.4 Å². The van der Waals surface area contributed by atoms with Crippen molar-refractivity contribution >= 4 is 67.2 Å². The monoisotopic (exact) mass is 790 g/mol. The SMILES string of the molecule is c1csc(-c2ccc(-c3cc4c(-c5ccc(-c6cccs6)s5)cc3OCCOCCOc3ccc5ccc6ccc(nc6c5n3)OCCOCCO4)s2)c1. The number of pyridine rings is 2. The molecule has 6 bridgehead atoms. The second-order valence-electron chi connectivity index (χ2n) is 12.3. The van der Waals surface area contributed by atoms with Crippen molar-refractivity contribution in [2.45, 2.75) is 0 Å². The van der Waals surface area contributed by atoms with Crippen molar-refractivity contribution in [3.05, 3.63) is 108 Å². The van der Waals surface area contributed by atoms with Gasteiger partial charge in [-0.2, -0.15) is 0 Å². The molecule has 2 aromatic carbocycles. The number of nitrogens with zero attached hydrogens (tertiary/aromatic N) is 2. The van der Waals surface area contributed by atoms with Gasteiger partial charge in [0.05, 0.1) is 26.4 Å². The Morgan fingerprint density at radius 2 is 0.833 bits per heavy atom. The van der Waals surface area contributed by atoms with Gasteiger partial charge in [0, 0.05) is 63.3 Å². The van der Waals surface area contributed by atoms with Gasteiger partial charge in [-0.3, -0.25) is 0 Å². The lowest BCUT2D eigenvalue weighted by atomic mass is 10.1. The summed E-state index contributed by atoms with van der Waals surface area (Å²) in [5.41, 5.74) is 3.45. The first-order valence-corrected chi connectivity index (χ1v) is 21.0. The number of fused-ring (bicyclic) bond motifs is 14. The summed E-state index contributed by atoms with van der Waals surface area (Å²) in [6, 6.07) is 33.2. The normalized spacial score (nSPS) is 14.5. The highest BCUT2D eigenvalue weighted by atomic mass is 32.1. The Labute approximate surface area is 328 Å². The predicted octanol–water partition coefficient (Wildman–Crippen LogP) is 11.0. The fourth-order valence-electron chi connectivity index (χ4n) is 6.18. The molecule has 8 heterocycles. The third kappa shape index (κ3) is 7.72. The lowest BCUT2D eigenvalue weighted by Crippen LogP contribution is -2.13. The molecule has 12 heteroatoms. The van der Waals surface area contributed by atoms with E-state index in [2.05, 4.69) is 71.4 Å². The van der Waals surface area contributed by atoms with Crippen molar-refractivity contribution in [1.29, 1.82) is 0 Å². The fraction of sp³-hybridized carbons (Fsp3) is 0.190. The lowest BCUT2D eigenvalue weighted by molar-refractivity contribution is 0.0747. The van der Waals surface area contributed by atoms with Crippen LogP contribution < -0.4 is 18.9 Å². The van der Waals surface area contributed by atoms with Crippen LogP contribution in [0.3, 0.4) is 0 Å². The van der Waals surface area contributed by atoms with Crippen LogP contribution in [0.2, 0.25) is 0 Å². The Morgan fingerprint density at radius 1 is 0.407 bits per heavy atom. The highest BCUT2D eigenvalue weighted by molar-refractivity contribution is 7.23. The summed E-state index contributed by atoms with van der Waals surface area (Å²) in [7, 11) is 0. The zero-order chi connectivity index (χ0) is 36.1. The molecule has 0 N–H and O–H groups in total. The highest BCUT2D eigenvalue weighted by Crippen LogP contribution is 2.47. The van der Waals surface area contributed by atoms with Crippen LogP contribution in [0.5, 0.6) is 23.3 Å². The van der Waals surface area contributed by atoms with Crippen LogP contribution in [0.4, 0.5) is 0 Å². The molecule has 54 heavy (non-hydrogen) atoms. The number of thiophene rings is 4. The number of hydrogen-bond acceptors (Lipinski definition) is 12. The Bertz CT molecular complexity index is 2320. The van der Waals surface area contributed by atoms with Crippen LogP contribution >= 0.6 is 45.3 Å². The molecule has 0 spiro atoms. The molecule has 10 rings (SSSR count). The Balaban J connectivity index is 1.01. The first-order valence-electron chi connectivity index (χ1n) is 17.6. The molecule has 2 aliphatic heterocycles. The minimum atomic E-state index is 0.345. The van der Waals surface area contributed by atoms with Gasteiger partial charge in [-0.1, -0.05) is 24.3 Å². The lowest BCUT2D eigenvalue weighted by Gasteiger charge is -2.17. The van der Waals surface area contributed by atoms with Crippen LogP contribution in [0.1, 0.15) is 0 Å². The van der Waals surface area contributed by atoms with E-state index in [0.717, 1.165) is 54.2 Å². The largest absolute Gasteiger partial charge is 0.490 e. The van der Waals surface area contributed by atoms with E-state index < -0.39 is 0 Å². The third-order valence-electron chi connectivity index (χ3n) is 8.75. The summed E-state index contributed by atoms with van der Waals surface area (Å²) in [5, 5.41) is 6.15. The molecule has 8 nitrogen and oxygen atoms in total. The molecule has 0 atom stereocenters. The molecule has 8 aromatic rings. The maximum absolute atomic E-state index is 6.54. The molecule has 0 radical (unpaired) electrons. The third-order valence-corrected chi connectivity index (χ3v) is 13.1. The van der Waals surface area contributed by atoms with Crippen LogP contribution in [0.15, 0.2) is 108 Å². The Morgan fingerprint density at radius 3 is 1.28 bits per heavy atom.